The molecule has 110 valence electrons. The molecule has 0 aromatic heterocycles. The Morgan fingerprint density at radius 2 is 1.56 bits per heavy atom. The Morgan fingerprint density at radius 1 is 1.06 bits per heavy atom. The first-order chi connectivity index (χ1) is 7.93. The minimum atomic E-state index is -3.85. The van der Waals surface area contributed by atoms with Gasteiger partial charge in [-0.3, -0.25) is 4.55 Å². The second kappa shape index (κ2) is 6.38. The third kappa shape index (κ3) is 6.74. The van der Waals surface area contributed by atoms with Crippen LogP contribution in [0.5, 0.6) is 0 Å². The first-order valence-corrected chi connectivity index (χ1v) is 8.49. The zero-order chi connectivity index (χ0) is 14.6. The Labute approximate surface area is 113 Å². The van der Waals surface area contributed by atoms with Crippen molar-refractivity contribution in [1.82, 2.24) is 0 Å². The highest BCUT2D eigenvalue weighted by atomic mass is 32.2. The fourth-order valence-electron chi connectivity index (χ4n) is 2.16. The summed E-state index contributed by atoms with van der Waals surface area (Å²) in [6.45, 7) is 13.1. The highest BCUT2D eigenvalue weighted by Gasteiger charge is 2.32. The summed E-state index contributed by atoms with van der Waals surface area (Å²) in [6, 6.07) is 0. The molecule has 0 aromatic carbocycles. The van der Waals surface area contributed by atoms with Crippen molar-refractivity contribution in [2.75, 3.05) is 5.75 Å². The molecule has 0 rings (SSSR count). The van der Waals surface area contributed by atoms with Crippen molar-refractivity contribution in [3.63, 3.8) is 0 Å². The van der Waals surface area contributed by atoms with E-state index in [1.165, 1.54) is 0 Å². The standard InChI is InChI=1S/C14H30O3S/c1-7-13(3,4)11-12(14(5,6)8-2)9-10-18(15,16)17/h12H,7-11H2,1-6H3,(H,15,16,17). The van der Waals surface area contributed by atoms with Gasteiger partial charge in [0, 0.05) is 0 Å². The van der Waals surface area contributed by atoms with Crippen molar-refractivity contribution in [1.29, 1.82) is 0 Å². The lowest BCUT2D eigenvalue weighted by molar-refractivity contribution is 0.127. The quantitative estimate of drug-likeness (QED) is 0.679. The smallest absolute Gasteiger partial charge is 0.264 e. The molecule has 0 aliphatic rings. The summed E-state index contributed by atoms with van der Waals surface area (Å²) in [5.74, 6) is 0.195. The van der Waals surface area contributed by atoms with Gasteiger partial charge in [0.15, 0.2) is 0 Å². The van der Waals surface area contributed by atoms with Gasteiger partial charge in [-0.2, -0.15) is 8.42 Å². The van der Waals surface area contributed by atoms with Crippen molar-refractivity contribution < 1.29 is 13.0 Å². The Morgan fingerprint density at radius 3 is 1.89 bits per heavy atom. The molecule has 0 aromatic rings. The van der Waals surface area contributed by atoms with Gasteiger partial charge in [0.2, 0.25) is 0 Å². The summed E-state index contributed by atoms with van der Waals surface area (Å²) in [7, 11) is -3.85. The molecule has 3 nitrogen and oxygen atoms in total. The summed E-state index contributed by atoms with van der Waals surface area (Å²) in [5, 5.41) is 0. The maximum atomic E-state index is 10.9. The van der Waals surface area contributed by atoms with E-state index in [9.17, 15) is 8.42 Å². The lowest BCUT2D eigenvalue weighted by Gasteiger charge is -2.38. The molecular formula is C14H30O3S. The molecule has 1 unspecified atom stereocenters. The molecule has 0 aliphatic carbocycles. The summed E-state index contributed by atoms with van der Waals surface area (Å²) < 4.78 is 30.8. The zero-order valence-electron chi connectivity index (χ0n) is 12.8. The normalized spacial score (nSPS) is 15.7. The van der Waals surface area contributed by atoms with Crippen LogP contribution in [0.1, 0.15) is 67.2 Å². The third-order valence-electron chi connectivity index (χ3n) is 4.50. The van der Waals surface area contributed by atoms with Crippen LogP contribution in [0.2, 0.25) is 0 Å². The second-order valence-electron chi connectivity index (χ2n) is 6.84. The van der Waals surface area contributed by atoms with E-state index >= 15 is 0 Å². The molecule has 0 radical (unpaired) electrons. The van der Waals surface area contributed by atoms with Gasteiger partial charge in [-0.15, -0.1) is 0 Å². The summed E-state index contributed by atoms with van der Waals surface area (Å²) in [6.07, 6.45) is 3.64. The predicted octanol–water partition coefficient (Wildman–Crippen LogP) is 4.14. The molecular weight excluding hydrogens is 248 g/mol. The lowest BCUT2D eigenvalue weighted by atomic mass is 9.67. The first-order valence-electron chi connectivity index (χ1n) is 6.88. The number of hydrogen-bond donors (Lipinski definition) is 1. The van der Waals surface area contributed by atoms with Crippen LogP contribution in [-0.4, -0.2) is 18.7 Å². The van der Waals surface area contributed by atoms with Gasteiger partial charge >= 0.3 is 0 Å². The highest BCUT2D eigenvalue weighted by Crippen LogP contribution is 2.41. The number of hydrogen-bond acceptors (Lipinski definition) is 2. The van der Waals surface area contributed by atoms with E-state index in [1.807, 2.05) is 0 Å². The van der Waals surface area contributed by atoms with Crippen LogP contribution in [0.15, 0.2) is 0 Å². The van der Waals surface area contributed by atoms with Gasteiger partial charge in [0.1, 0.15) is 0 Å². The van der Waals surface area contributed by atoms with E-state index in [0.717, 1.165) is 19.3 Å². The first kappa shape index (κ1) is 17.9. The van der Waals surface area contributed by atoms with Crippen LogP contribution < -0.4 is 0 Å². The molecule has 0 bridgehead atoms. The average molecular weight is 278 g/mol. The van der Waals surface area contributed by atoms with E-state index in [0.29, 0.717) is 12.3 Å². The lowest BCUT2D eigenvalue weighted by Crippen LogP contribution is -2.30. The Hall–Kier alpha value is -0.0900. The topological polar surface area (TPSA) is 54.4 Å². The van der Waals surface area contributed by atoms with Crippen LogP contribution >= 0.6 is 0 Å². The molecule has 0 fully saturated rings. The van der Waals surface area contributed by atoms with Gasteiger partial charge in [-0.05, 0) is 29.6 Å². The Bertz CT molecular complexity index is 342. The zero-order valence-corrected chi connectivity index (χ0v) is 13.6. The predicted molar refractivity (Wildman–Crippen MR) is 77.3 cm³/mol. The Balaban J connectivity index is 4.85. The molecule has 0 amide bonds. The third-order valence-corrected chi connectivity index (χ3v) is 5.25. The maximum Gasteiger partial charge on any atom is 0.264 e. The van der Waals surface area contributed by atoms with E-state index in [-0.39, 0.29) is 16.6 Å². The molecule has 0 heterocycles. The molecule has 1 N–H and O–H groups in total. The van der Waals surface area contributed by atoms with E-state index in [4.69, 9.17) is 4.55 Å². The van der Waals surface area contributed by atoms with Crippen LogP contribution in [0.4, 0.5) is 0 Å². The van der Waals surface area contributed by atoms with Crippen LogP contribution in [-0.2, 0) is 10.1 Å². The molecule has 0 spiro atoms. The van der Waals surface area contributed by atoms with Gasteiger partial charge in [-0.1, -0.05) is 54.4 Å². The van der Waals surface area contributed by atoms with Crippen LogP contribution in [0, 0.1) is 16.7 Å². The minimum Gasteiger partial charge on any atom is -0.286 e. The fourth-order valence-corrected chi connectivity index (χ4v) is 2.74. The van der Waals surface area contributed by atoms with Gasteiger partial charge in [0.25, 0.3) is 10.1 Å². The maximum absolute atomic E-state index is 10.9. The summed E-state index contributed by atoms with van der Waals surface area (Å²) >= 11 is 0. The monoisotopic (exact) mass is 278 g/mol. The number of rotatable bonds is 8. The van der Waals surface area contributed by atoms with Gasteiger partial charge in [-0.25, -0.2) is 0 Å². The summed E-state index contributed by atoms with van der Waals surface area (Å²) in [4.78, 5) is 0. The fraction of sp³-hybridized carbons (Fsp3) is 1.00. The van der Waals surface area contributed by atoms with Crippen molar-refractivity contribution >= 4 is 10.1 Å². The Kier molecular flexibility index (Phi) is 6.34. The molecule has 4 heteroatoms. The molecule has 1 atom stereocenters. The SMILES string of the molecule is CCC(C)(C)CC(CCS(=O)(=O)O)C(C)(C)CC. The minimum absolute atomic E-state index is 0.108. The molecule has 0 saturated heterocycles. The van der Waals surface area contributed by atoms with Crippen molar-refractivity contribution in [3.8, 4) is 0 Å². The van der Waals surface area contributed by atoms with Crippen LogP contribution in [0.3, 0.4) is 0 Å². The average Bonchev–Trinajstić information content (AvgIpc) is 2.22. The van der Waals surface area contributed by atoms with Gasteiger partial charge < -0.3 is 0 Å². The van der Waals surface area contributed by atoms with Crippen molar-refractivity contribution in [2.45, 2.75) is 67.2 Å². The molecule has 18 heavy (non-hydrogen) atoms. The van der Waals surface area contributed by atoms with E-state index < -0.39 is 10.1 Å². The van der Waals surface area contributed by atoms with E-state index in [1.54, 1.807) is 0 Å². The van der Waals surface area contributed by atoms with Crippen molar-refractivity contribution in [3.05, 3.63) is 0 Å². The van der Waals surface area contributed by atoms with Gasteiger partial charge in [0.05, 0.1) is 5.75 Å². The largest absolute Gasteiger partial charge is 0.286 e. The highest BCUT2D eigenvalue weighted by molar-refractivity contribution is 7.85. The van der Waals surface area contributed by atoms with Crippen LogP contribution in [0.25, 0.3) is 0 Å². The van der Waals surface area contributed by atoms with Crippen molar-refractivity contribution in [2.24, 2.45) is 16.7 Å². The van der Waals surface area contributed by atoms with E-state index in [2.05, 4.69) is 41.5 Å². The summed E-state index contributed by atoms with van der Waals surface area (Å²) in [5.41, 5.74) is 0.327. The molecule has 0 saturated carbocycles. The second-order valence-corrected chi connectivity index (χ2v) is 8.41. The molecule has 0 aliphatic heterocycles.